The van der Waals surface area contributed by atoms with Crippen molar-refractivity contribution in [3.63, 3.8) is 0 Å². The molecule has 0 atom stereocenters. The van der Waals surface area contributed by atoms with Crippen LogP contribution < -0.4 is 10.2 Å². The van der Waals surface area contributed by atoms with Crippen LogP contribution in [0.15, 0.2) is 36.4 Å². The van der Waals surface area contributed by atoms with Gasteiger partial charge in [0.15, 0.2) is 0 Å². The van der Waals surface area contributed by atoms with Crippen molar-refractivity contribution in [3.8, 4) is 0 Å². The number of rotatable bonds is 13. The molecule has 2 aliphatic rings. The van der Waals surface area contributed by atoms with E-state index in [1.54, 1.807) is 6.92 Å². The molecule has 1 aromatic heterocycles. The number of nitrogens with one attached hydrogen (secondary N) is 1. The lowest BCUT2D eigenvalue weighted by Gasteiger charge is -2.26. The fourth-order valence-electron chi connectivity index (χ4n) is 6.34. The van der Waals surface area contributed by atoms with Gasteiger partial charge in [0.25, 0.3) is 5.91 Å². The van der Waals surface area contributed by atoms with E-state index in [-0.39, 0.29) is 11.8 Å². The average Bonchev–Trinajstić information content (AvgIpc) is 3.58. The molecule has 0 aliphatic carbocycles. The number of hydrogen-bond donors (Lipinski definition) is 1. The lowest BCUT2D eigenvalue weighted by molar-refractivity contribution is -0.116. The van der Waals surface area contributed by atoms with Crippen molar-refractivity contribution in [1.29, 1.82) is 0 Å². The van der Waals surface area contributed by atoms with Gasteiger partial charge in [-0.05, 0) is 100 Å². The van der Waals surface area contributed by atoms with Gasteiger partial charge in [-0.25, -0.2) is 4.98 Å². The molecule has 1 saturated heterocycles. The Morgan fingerprint density at radius 2 is 1.67 bits per heavy atom. The minimum Gasteiger partial charge on any atom is -0.339 e. The molecule has 0 unspecified atom stereocenters. The minimum atomic E-state index is 0.0817. The van der Waals surface area contributed by atoms with Crippen molar-refractivity contribution in [2.24, 2.45) is 0 Å². The van der Waals surface area contributed by atoms with Crippen LogP contribution in [0.3, 0.4) is 0 Å². The number of aromatic nitrogens is 2. The van der Waals surface area contributed by atoms with Crippen LogP contribution in [-0.4, -0.2) is 70.4 Å². The van der Waals surface area contributed by atoms with Crippen LogP contribution in [0.4, 0.5) is 17.3 Å². The Balaban J connectivity index is 1.43. The molecule has 3 heterocycles. The number of piperidine rings is 1. The summed E-state index contributed by atoms with van der Waals surface area (Å²) in [5, 5.41) is 3.59. The van der Waals surface area contributed by atoms with E-state index in [9.17, 15) is 9.59 Å². The third kappa shape index (κ3) is 6.97. The van der Waals surface area contributed by atoms with Crippen molar-refractivity contribution in [2.75, 3.05) is 49.5 Å². The number of hydrogen-bond acceptors (Lipinski definition) is 5. The highest BCUT2D eigenvalue weighted by atomic mass is 16.2. The summed E-state index contributed by atoms with van der Waals surface area (Å²) in [5.74, 6) is 0.990. The first-order valence-corrected chi connectivity index (χ1v) is 16.2. The maximum Gasteiger partial charge on any atom is 0.253 e. The van der Waals surface area contributed by atoms with Gasteiger partial charge in [0.05, 0.1) is 11.0 Å². The number of anilines is 3. The molecular weight excluding hydrogens is 524 g/mol. The van der Waals surface area contributed by atoms with Crippen LogP contribution >= 0.6 is 0 Å². The number of aryl methyl sites for hydroxylation is 1. The number of nitrogens with zero attached hydrogens (tertiary/aromatic N) is 5. The first-order chi connectivity index (χ1) is 20.5. The van der Waals surface area contributed by atoms with E-state index in [1.807, 2.05) is 34.1 Å². The number of fused-ring (bicyclic) bond motifs is 2. The molecule has 8 heteroatoms. The summed E-state index contributed by atoms with van der Waals surface area (Å²) in [5.41, 5.74) is 5.77. The molecule has 2 amide bonds. The van der Waals surface area contributed by atoms with E-state index < -0.39 is 0 Å². The number of imidazole rings is 1. The van der Waals surface area contributed by atoms with Crippen molar-refractivity contribution >= 4 is 40.2 Å². The second-order valence-electron chi connectivity index (χ2n) is 11.9. The molecule has 1 N–H and O–H groups in total. The summed E-state index contributed by atoms with van der Waals surface area (Å²) < 4.78 is 2.26. The normalized spacial score (nSPS) is 15.3. The van der Waals surface area contributed by atoms with Crippen LogP contribution in [0.1, 0.15) is 88.1 Å². The predicted octanol–water partition coefficient (Wildman–Crippen LogP) is 6.61. The largest absolute Gasteiger partial charge is 0.339 e. The summed E-state index contributed by atoms with van der Waals surface area (Å²) in [6, 6.07) is 12.2. The Morgan fingerprint density at radius 3 is 2.38 bits per heavy atom. The minimum absolute atomic E-state index is 0.0817. The zero-order valence-electron chi connectivity index (χ0n) is 25.8. The van der Waals surface area contributed by atoms with Gasteiger partial charge in [0, 0.05) is 50.0 Å². The molecule has 0 bridgehead atoms. The van der Waals surface area contributed by atoms with E-state index in [0.717, 1.165) is 105 Å². The van der Waals surface area contributed by atoms with Gasteiger partial charge in [-0.3, -0.25) is 9.59 Å². The van der Waals surface area contributed by atoms with Crippen LogP contribution in [-0.2, 0) is 17.8 Å². The summed E-state index contributed by atoms with van der Waals surface area (Å²) in [7, 11) is 0. The first-order valence-electron chi connectivity index (χ1n) is 16.2. The lowest BCUT2D eigenvalue weighted by atomic mass is 10.1. The predicted molar refractivity (Wildman–Crippen MR) is 172 cm³/mol. The quantitative estimate of drug-likeness (QED) is 0.250. The highest BCUT2D eigenvalue weighted by Gasteiger charge is 2.23. The highest BCUT2D eigenvalue weighted by molar-refractivity contribution is 5.98. The molecule has 2 aliphatic heterocycles. The third-order valence-corrected chi connectivity index (χ3v) is 8.76. The Bertz CT molecular complexity index is 1370. The summed E-state index contributed by atoms with van der Waals surface area (Å²) in [4.78, 5) is 37.1. The smallest absolute Gasteiger partial charge is 0.253 e. The van der Waals surface area contributed by atoms with Crippen molar-refractivity contribution in [1.82, 2.24) is 19.4 Å². The Labute approximate surface area is 251 Å². The Morgan fingerprint density at radius 1 is 0.905 bits per heavy atom. The van der Waals surface area contributed by atoms with Gasteiger partial charge in [0.2, 0.25) is 11.9 Å². The van der Waals surface area contributed by atoms with Crippen molar-refractivity contribution < 1.29 is 9.59 Å². The zero-order chi connectivity index (χ0) is 29.5. The van der Waals surface area contributed by atoms with E-state index in [4.69, 9.17) is 4.98 Å². The monoisotopic (exact) mass is 572 g/mol. The number of carbonyl (C=O) groups excluding carboxylic acids is 2. The van der Waals surface area contributed by atoms with Crippen molar-refractivity contribution in [3.05, 3.63) is 47.5 Å². The highest BCUT2D eigenvalue weighted by Crippen LogP contribution is 2.32. The molecule has 5 rings (SSSR count). The van der Waals surface area contributed by atoms with Gasteiger partial charge in [-0.15, -0.1) is 0 Å². The molecule has 0 spiro atoms. The van der Waals surface area contributed by atoms with Gasteiger partial charge < -0.3 is 24.6 Å². The van der Waals surface area contributed by atoms with Gasteiger partial charge >= 0.3 is 0 Å². The number of benzene rings is 2. The number of unbranched alkanes of at least 4 members (excludes halogenated alkanes) is 2. The molecule has 42 heavy (non-hydrogen) atoms. The number of amides is 2. The van der Waals surface area contributed by atoms with Crippen LogP contribution in [0.5, 0.6) is 0 Å². The van der Waals surface area contributed by atoms with Gasteiger partial charge in [-0.1, -0.05) is 33.1 Å². The summed E-state index contributed by atoms with van der Waals surface area (Å²) >= 11 is 0. The van der Waals surface area contributed by atoms with E-state index in [0.29, 0.717) is 0 Å². The van der Waals surface area contributed by atoms with Crippen LogP contribution in [0.25, 0.3) is 11.0 Å². The SMILES string of the molecule is CCCCN(CCCC)C(=O)c1ccc2nc(Nc3ccc4c(c3)CCN4C(C)=O)n(CCCN3CCCCC3)c2c1. The van der Waals surface area contributed by atoms with E-state index in [1.165, 1.54) is 37.9 Å². The molecule has 3 aromatic rings. The number of carbonyl (C=O) groups is 2. The summed E-state index contributed by atoms with van der Waals surface area (Å²) in [6.45, 7) is 12.6. The van der Waals surface area contributed by atoms with Gasteiger partial charge in [0.1, 0.15) is 0 Å². The topological polar surface area (TPSA) is 73.7 Å². The molecule has 0 radical (unpaired) electrons. The summed E-state index contributed by atoms with van der Waals surface area (Å²) in [6.07, 6.45) is 9.98. The zero-order valence-corrected chi connectivity index (χ0v) is 25.8. The first kappa shape index (κ1) is 30.1. The second-order valence-corrected chi connectivity index (χ2v) is 11.9. The standard InChI is InChI=1S/C34H48N6O2/c1-4-6-20-38(21-7-5-2)33(42)28-12-14-30-32(25-28)40(22-11-19-37-17-9-8-10-18-37)34(36-30)35-29-13-15-31-27(24-29)16-23-39(31)26(3)41/h12-15,24-25H,4-11,16-23H2,1-3H3,(H,35,36). The second kappa shape index (κ2) is 14.2. The van der Waals surface area contributed by atoms with E-state index in [2.05, 4.69) is 40.8 Å². The van der Waals surface area contributed by atoms with E-state index >= 15 is 0 Å². The molecule has 8 nitrogen and oxygen atoms in total. The molecule has 226 valence electrons. The maximum atomic E-state index is 13.7. The van der Waals surface area contributed by atoms with Crippen molar-refractivity contribution in [2.45, 2.75) is 85.1 Å². The van der Waals surface area contributed by atoms with Gasteiger partial charge in [-0.2, -0.15) is 0 Å². The molecule has 1 fully saturated rings. The fourth-order valence-corrected chi connectivity index (χ4v) is 6.34. The Kier molecular flexibility index (Phi) is 10.2. The molecule has 0 saturated carbocycles. The fraction of sp³-hybridized carbons (Fsp3) is 0.559. The third-order valence-electron chi connectivity index (χ3n) is 8.76. The Hall–Kier alpha value is -3.39. The number of likely N-dealkylation sites (tertiary alicyclic amines) is 1. The van der Waals surface area contributed by atoms with Crippen LogP contribution in [0, 0.1) is 0 Å². The molecule has 2 aromatic carbocycles. The van der Waals surface area contributed by atoms with Crippen LogP contribution in [0.2, 0.25) is 0 Å². The lowest BCUT2D eigenvalue weighted by Crippen LogP contribution is -2.33. The molecular formula is C34H48N6O2. The maximum absolute atomic E-state index is 13.7. The average molecular weight is 573 g/mol.